The zero-order chi connectivity index (χ0) is 12.3. The molecule has 1 unspecified atom stereocenters. The van der Waals surface area contributed by atoms with E-state index in [1.165, 1.54) is 16.7 Å². The molecule has 17 heavy (non-hydrogen) atoms. The highest BCUT2D eigenvalue weighted by atomic mass is 15.1. The molecular weight excluding hydrogens is 210 g/mol. The van der Waals surface area contributed by atoms with E-state index >= 15 is 0 Å². The largest absolute Gasteiger partial charge is 0.306 e. The number of aryl methyl sites for hydroxylation is 2. The van der Waals surface area contributed by atoms with Gasteiger partial charge in [0.1, 0.15) is 0 Å². The van der Waals surface area contributed by atoms with E-state index in [-0.39, 0.29) is 0 Å². The lowest BCUT2D eigenvalue weighted by Crippen LogP contribution is -2.18. The van der Waals surface area contributed by atoms with E-state index in [2.05, 4.69) is 53.6 Å². The zero-order valence-corrected chi connectivity index (χ0v) is 10.6. The molecule has 90 valence electrons. The van der Waals surface area contributed by atoms with Crippen molar-refractivity contribution in [2.45, 2.75) is 33.4 Å². The Bertz CT molecular complexity index is 470. The minimum atomic E-state index is 0.352. The molecule has 3 heteroatoms. The van der Waals surface area contributed by atoms with Gasteiger partial charge in [0.25, 0.3) is 0 Å². The predicted molar refractivity (Wildman–Crippen MR) is 69.8 cm³/mol. The molecule has 0 fully saturated rings. The third-order valence-corrected chi connectivity index (χ3v) is 3.11. The summed E-state index contributed by atoms with van der Waals surface area (Å²) in [5.74, 6) is 0. The molecule has 1 heterocycles. The fourth-order valence-corrected chi connectivity index (χ4v) is 1.79. The Morgan fingerprint density at radius 3 is 2.53 bits per heavy atom. The second-order valence-electron chi connectivity index (χ2n) is 4.53. The standard InChI is InChI=1S/C14H19N3/c1-10-4-6-13(7-5-10)11(2)15-8-14-9-16-17-12(14)3/h4-7,9,11,15H,8H2,1-3H3,(H,16,17). The summed E-state index contributed by atoms with van der Waals surface area (Å²) in [5.41, 5.74) is 4.97. The first kappa shape index (κ1) is 11.9. The van der Waals surface area contributed by atoms with E-state index < -0.39 is 0 Å². The van der Waals surface area contributed by atoms with Gasteiger partial charge in [-0.25, -0.2) is 0 Å². The van der Waals surface area contributed by atoms with Gasteiger partial charge in [0, 0.05) is 23.8 Å². The molecule has 0 saturated heterocycles. The number of aromatic nitrogens is 2. The molecule has 0 aliphatic carbocycles. The Morgan fingerprint density at radius 1 is 1.24 bits per heavy atom. The molecule has 0 aliphatic heterocycles. The maximum Gasteiger partial charge on any atom is 0.0535 e. The topological polar surface area (TPSA) is 40.7 Å². The molecule has 2 N–H and O–H groups in total. The third-order valence-electron chi connectivity index (χ3n) is 3.11. The van der Waals surface area contributed by atoms with Crippen LogP contribution >= 0.6 is 0 Å². The number of hydrogen-bond donors (Lipinski definition) is 2. The predicted octanol–water partition coefficient (Wildman–Crippen LogP) is 2.88. The highest BCUT2D eigenvalue weighted by molar-refractivity contribution is 5.24. The number of hydrogen-bond acceptors (Lipinski definition) is 2. The molecule has 1 atom stereocenters. The van der Waals surface area contributed by atoms with Crippen LogP contribution in [0.1, 0.15) is 35.3 Å². The summed E-state index contributed by atoms with van der Waals surface area (Å²) >= 11 is 0. The number of nitrogens with zero attached hydrogens (tertiary/aromatic N) is 1. The Kier molecular flexibility index (Phi) is 3.59. The molecule has 2 rings (SSSR count). The maximum atomic E-state index is 4.02. The maximum absolute atomic E-state index is 4.02. The molecule has 1 aromatic heterocycles. The minimum Gasteiger partial charge on any atom is -0.306 e. The highest BCUT2D eigenvalue weighted by Crippen LogP contribution is 2.14. The van der Waals surface area contributed by atoms with Crippen molar-refractivity contribution in [3.05, 3.63) is 52.8 Å². The van der Waals surface area contributed by atoms with Crippen molar-refractivity contribution in [1.82, 2.24) is 15.5 Å². The number of nitrogens with one attached hydrogen (secondary N) is 2. The summed E-state index contributed by atoms with van der Waals surface area (Å²) in [4.78, 5) is 0. The molecule has 1 aromatic carbocycles. The lowest BCUT2D eigenvalue weighted by Gasteiger charge is -2.14. The van der Waals surface area contributed by atoms with Crippen LogP contribution in [0.5, 0.6) is 0 Å². The number of aromatic amines is 1. The van der Waals surface area contributed by atoms with Crippen molar-refractivity contribution in [1.29, 1.82) is 0 Å². The van der Waals surface area contributed by atoms with Crippen LogP contribution in [0.4, 0.5) is 0 Å². The quantitative estimate of drug-likeness (QED) is 0.846. The summed E-state index contributed by atoms with van der Waals surface area (Å²) < 4.78 is 0. The molecular formula is C14H19N3. The van der Waals surface area contributed by atoms with Gasteiger partial charge in [-0.15, -0.1) is 0 Å². The van der Waals surface area contributed by atoms with E-state index in [1.54, 1.807) is 0 Å². The number of rotatable bonds is 4. The van der Waals surface area contributed by atoms with Crippen molar-refractivity contribution >= 4 is 0 Å². The summed E-state index contributed by atoms with van der Waals surface area (Å²) in [6, 6.07) is 9.00. The second kappa shape index (κ2) is 5.15. The van der Waals surface area contributed by atoms with E-state index in [1.807, 2.05) is 13.1 Å². The number of benzene rings is 1. The normalized spacial score (nSPS) is 12.6. The molecule has 0 bridgehead atoms. The molecule has 0 spiro atoms. The van der Waals surface area contributed by atoms with Crippen LogP contribution < -0.4 is 5.32 Å². The van der Waals surface area contributed by atoms with Crippen molar-refractivity contribution in [2.75, 3.05) is 0 Å². The summed E-state index contributed by atoms with van der Waals surface area (Å²) in [7, 11) is 0. The Hall–Kier alpha value is -1.61. The molecule has 0 saturated carbocycles. The van der Waals surface area contributed by atoms with Crippen molar-refractivity contribution < 1.29 is 0 Å². The van der Waals surface area contributed by atoms with Gasteiger partial charge in [-0.1, -0.05) is 29.8 Å². The fraction of sp³-hybridized carbons (Fsp3) is 0.357. The van der Waals surface area contributed by atoms with Gasteiger partial charge >= 0.3 is 0 Å². The van der Waals surface area contributed by atoms with Crippen molar-refractivity contribution in [3.63, 3.8) is 0 Å². The lowest BCUT2D eigenvalue weighted by molar-refractivity contribution is 0.573. The van der Waals surface area contributed by atoms with E-state index in [0.717, 1.165) is 12.2 Å². The first-order valence-electron chi connectivity index (χ1n) is 5.95. The van der Waals surface area contributed by atoms with Crippen LogP contribution in [-0.2, 0) is 6.54 Å². The van der Waals surface area contributed by atoms with Gasteiger partial charge in [0.2, 0.25) is 0 Å². The van der Waals surface area contributed by atoms with Crippen molar-refractivity contribution in [3.8, 4) is 0 Å². The monoisotopic (exact) mass is 229 g/mol. The van der Waals surface area contributed by atoms with Crippen LogP contribution in [0.3, 0.4) is 0 Å². The smallest absolute Gasteiger partial charge is 0.0535 e. The highest BCUT2D eigenvalue weighted by Gasteiger charge is 2.06. The SMILES string of the molecule is Cc1ccc(C(C)NCc2cn[nH]c2C)cc1. The van der Waals surface area contributed by atoms with Gasteiger partial charge < -0.3 is 5.32 Å². The summed E-state index contributed by atoms with van der Waals surface area (Å²) in [6.45, 7) is 7.18. The van der Waals surface area contributed by atoms with Crippen LogP contribution in [0.15, 0.2) is 30.5 Å². The second-order valence-corrected chi connectivity index (χ2v) is 4.53. The van der Waals surface area contributed by atoms with Gasteiger partial charge in [0.15, 0.2) is 0 Å². The van der Waals surface area contributed by atoms with E-state index in [9.17, 15) is 0 Å². The first-order chi connectivity index (χ1) is 8.16. The third kappa shape index (κ3) is 2.94. The van der Waals surface area contributed by atoms with Gasteiger partial charge in [-0.05, 0) is 26.3 Å². The molecule has 0 radical (unpaired) electrons. The molecule has 0 aliphatic rings. The van der Waals surface area contributed by atoms with Gasteiger partial charge in [-0.3, -0.25) is 5.10 Å². The summed E-state index contributed by atoms with van der Waals surface area (Å²) in [6.07, 6.45) is 1.88. The molecule has 0 amide bonds. The van der Waals surface area contributed by atoms with Crippen molar-refractivity contribution in [2.24, 2.45) is 0 Å². The lowest BCUT2D eigenvalue weighted by atomic mass is 10.1. The average Bonchev–Trinajstić information content (AvgIpc) is 2.73. The minimum absolute atomic E-state index is 0.352. The Balaban J connectivity index is 1.95. The van der Waals surface area contributed by atoms with Gasteiger partial charge in [0.05, 0.1) is 6.20 Å². The molecule has 2 aromatic rings. The van der Waals surface area contributed by atoms with Crippen LogP contribution in [0.25, 0.3) is 0 Å². The van der Waals surface area contributed by atoms with Crippen LogP contribution in [0, 0.1) is 13.8 Å². The number of H-pyrrole nitrogens is 1. The Morgan fingerprint density at radius 2 is 1.94 bits per heavy atom. The molecule has 3 nitrogen and oxygen atoms in total. The Labute approximate surface area is 102 Å². The van der Waals surface area contributed by atoms with Crippen LogP contribution in [0.2, 0.25) is 0 Å². The van der Waals surface area contributed by atoms with E-state index in [0.29, 0.717) is 6.04 Å². The van der Waals surface area contributed by atoms with Gasteiger partial charge in [-0.2, -0.15) is 5.10 Å². The average molecular weight is 229 g/mol. The van der Waals surface area contributed by atoms with E-state index in [4.69, 9.17) is 0 Å². The summed E-state index contributed by atoms with van der Waals surface area (Å²) in [5, 5.41) is 10.5. The fourth-order valence-electron chi connectivity index (χ4n) is 1.79. The zero-order valence-electron chi connectivity index (χ0n) is 10.6. The van der Waals surface area contributed by atoms with Crippen LogP contribution in [-0.4, -0.2) is 10.2 Å². The first-order valence-corrected chi connectivity index (χ1v) is 5.95.